The molecule has 2 atom stereocenters. The average molecular weight is 431 g/mol. The maximum atomic E-state index is 13.1. The van der Waals surface area contributed by atoms with Crippen LogP contribution in [0.25, 0.3) is 0 Å². The molecule has 7 nitrogen and oxygen atoms in total. The zero-order valence-electron chi connectivity index (χ0n) is 18.6. The van der Waals surface area contributed by atoms with Crippen molar-refractivity contribution in [3.63, 3.8) is 0 Å². The Morgan fingerprint density at radius 1 is 1.16 bits per heavy atom. The van der Waals surface area contributed by atoms with Crippen molar-refractivity contribution in [3.05, 3.63) is 29.8 Å². The normalized spacial score (nSPS) is 21.7. The highest BCUT2D eigenvalue weighted by Crippen LogP contribution is 2.41. The summed E-state index contributed by atoms with van der Waals surface area (Å²) < 4.78 is 11.0. The molecule has 1 aliphatic carbocycles. The number of ether oxygens (including phenoxy) is 2. The van der Waals surface area contributed by atoms with E-state index < -0.39 is 17.9 Å². The number of hydrogen-bond acceptors (Lipinski definition) is 5. The fourth-order valence-electron chi connectivity index (χ4n) is 4.67. The van der Waals surface area contributed by atoms with Crippen molar-refractivity contribution < 1.29 is 23.9 Å². The molecule has 1 saturated carbocycles. The van der Waals surface area contributed by atoms with E-state index >= 15 is 0 Å². The Labute approximate surface area is 184 Å². The number of amides is 2. The van der Waals surface area contributed by atoms with Gasteiger partial charge in [0.1, 0.15) is 5.75 Å². The van der Waals surface area contributed by atoms with Gasteiger partial charge >= 0.3 is 5.97 Å². The second-order valence-electron chi connectivity index (χ2n) is 8.43. The quantitative estimate of drug-likeness (QED) is 0.607. The largest absolute Gasteiger partial charge is 0.496 e. The second-order valence-corrected chi connectivity index (χ2v) is 8.43. The topological polar surface area (TPSA) is 84.9 Å². The lowest BCUT2D eigenvalue weighted by molar-refractivity contribution is -0.160. The number of likely N-dealkylation sites (tertiary alicyclic amines) is 1. The summed E-state index contributed by atoms with van der Waals surface area (Å²) in [6.45, 7) is 2.36. The van der Waals surface area contributed by atoms with Gasteiger partial charge < -0.3 is 19.7 Å². The van der Waals surface area contributed by atoms with Crippen LogP contribution in [0.3, 0.4) is 0 Å². The number of benzene rings is 1. The molecular formula is C24H34N2O5. The molecule has 2 aliphatic rings. The number of nitrogens with one attached hydrogen (secondary N) is 1. The van der Waals surface area contributed by atoms with Crippen molar-refractivity contribution in [2.75, 3.05) is 20.3 Å². The SMILES string of the molecule is CCCCN1C(=O)CC[C@@H](C(=O)OCC(=O)NC2CCCC2)[C@H]1c1ccccc1OC. The van der Waals surface area contributed by atoms with Gasteiger partial charge in [-0.25, -0.2) is 0 Å². The van der Waals surface area contributed by atoms with Crippen LogP contribution in [0.15, 0.2) is 24.3 Å². The Morgan fingerprint density at radius 2 is 1.90 bits per heavy atom. The van der Waals surface area contributed by atoms with E-state index in [-0.39, 0.29) is 24.5 Å². The molecule has 170 valence electrons. The number of esters is 1. The van der Waals surface area contributed by atoms with Crippen molar-refractivity contribution >= 4 is 17.8 Å². The summed E-state index contributed by atoms with van der Waals surface area (Å²) in [5.74, 6) is -0.562. The molecule has 2 fully saturated rings. The van der Waals surface area contributed by atoms with Crippen LogP contribution in [0.1, 0.15) is 69.9 Å². The number of rotatable bonds is 9. The van der Waals surface area contributed by atoms with Crippen LogP contribution in [0, 0.1) is 5.92 Å². The molecule has 1 aromatic carbocycles. The Bertz CT molecular complexity index is 775. The van der Waals surface area contributed by atoms with E-state index in [1.807, 2.05) is 24.3 Å². The average Bonchev–Trinajstić information content (AvgIpc) is 3.29. The molecule has 31 heavy (non-hydrogen) atoms. The Balaban J connectivity index is 1.76. The lowest BCUT2D eigenvalue weighted by Crippen LogP contribution is -2.46. The minimum Gasteiger partial charge on any atom is -0.496 e. The molecule has 2 amide bonds. The van der Waals surface area contributed by atoms with Crippen molar-refractivity contribution in [3.8, 4) is 5.75 Å². The molecule has 1 saturated heterocycles. The minimum absolute atomic E-state index is 0.0346. The van der Waals surface area contributed by atoms with Crippen molar-refractivity contribution in [1.29, 1.82) is 0 Å². The highest BCUT2D eigenvalue weighted by molar-refractivity contribution is 5.85. The molecule has 0 radical (unpaired) electrons. The van der Waals surface area contributed by atoms with Gasteiger partial charge in [-0.05, 0) is 31.7 Å². The van der Waals surface area contributed by atoms with E-state index in [0.717, 1.165) is 44.1 Å². The summed E-state index contributed by atoms with van der Waals surface area (Å²) >= 11 is 0. The number of carbonyl (C=O) groups is 3. The smallest absolute Gasteiger partial charge is 0.311 e. The Kier molecular flexibility index (Phi) is 8.32. The van der Waals surface area contributed by atoms with E-state index in [1.165, 1.54) is 0 Å². The molecule has 0 unspecified atom stereocenters. The summed E-state index contributed by atoms with van der Waals surface area (Å²) in [7, 11) is 1.58. The number of methoxy groups -OCH3 is 1. The van der Waals surface area contributed by atoms with Crippen molar-refractivity contribution in [1.82, 2.24) is 10.2 Å². The predicted octanol–water partition coefficient (Wildman–Crippen LogP) is 3.38. The van der Waals surface area contributed by atoms with Crippen LogP contribution < -0.4 is 10.1 Å². The number of unbranched alkanes of at least 4 members (excludes halogenated alkanes) is 1. The van der Waals surface area contributed by atoms with Gasteiger partial charge in [-0.1, -0.05) is 44.4 Å². The van der Waals surface area contributed by atoms with Gasteiger partial charge in [-0.2, -0.15) is 0 Å². The molecule has 3 rings (SSSR count). The van der Waals surface area contributed by atoms with E-state index in [9.17, 15) is 14.4 Å². The third kappa shape index (κ3) is 5.77. The first-order chi connectivity index (χ1) is 15.0. The maximum Gasteiger partial charge on any atom is 0.311 e. The molecule has 0 aromatic heterocycles. The van der Waals surface area contributed by atoms with Crippen LogP contribution in [-0.4, -0.2) is 49.0 Å². The van der Waals surface area contributed by atoms with Crippen molar-refractivity contribution in [2.24, 2.45) is 5.92 Å². The lowest BCUT2D eigenvalue weighted by atomic mass is 9.83. The van der Waals surface area contributed by atoms with E-state index in [2.05, 4.69) is 12.2 Å². The van der Waals surface area contributed by atoms with Crippen molar-refractivity contribution in [2.45, 2.75) is 70.4 Å². The molecule has 1 heterocycles. The molecule has 0 spiro atoms. The van der Waals surface area contributed by atoms with E-state index in [1.54, 1.807) is 12.0 Å². The zero-order valence-corrected chi connectivity index (χ0v) is 18.6. The summed E-state index contributed by atoms with van der Waals surface area (Å²) in [6, 6.07) is 7.20. The van der Waals surface area contributed by atoms with Gasteiger partial charge in [-0.3, -0.25) is 14.4 Å². The molecule has 0 bridgehead atoms. The van der Waals surface area contributed by atoms with Crippen LogP contribution in [0.5, 0.6) is 5.75 Å². The number of para-hydroxylation sites is 1. The summed E-state index contributed by atoms with van der Waals surface area (Å²) in [6.07, 6.45) is 6.68. The number of nitrogens with zero attached hydrogens (tertiary/aromatic N) is 1. The van der Waals surface area contributed by atoms with Gasteiger partial charge in [0.25, 0.3) is 5.91 Å². The summed E-state index contributed by atoms with van der Waals surface area (Å²) in [5, 5.41) is 2.94. The van der Waals surface area contributed by atoms with Gasteiger partial charge in [0.05, 0.1) is 19.1 Å². The predicted molar refractivity (Wildman–Crippen MR) is 116 cm³/mol. The molecule has 7 heteroatoms. The first-order valence-electron chi connectivity index (χ1n) is 11.4. The number of carbonyl (C=O) groups excluding carboxylic acids is 3. The first-order valence-corrected chi connectivity index (χ1v) is 11.4. The molecule has 1 N–H and O–H groups in total. The summed E-state index contributed by atoms with van der Waals surface area (Å²) in [4.78, 5) is 39.9. The van der Waals surface area contributed by atoms with Gasteiger partial charge in [0, 0.05) is 24.6 Å². The van der Waals surface area contributed by atoms with Gasteiger partial charge in [-0.15, -0.1) is 0 Å². The Morgan fingerprint density at radius 3 is 2.61 bits per heavy atom. The molecule has 1 aliphatic heterocycles. The highest BCUT2D eigenvalue weighted by Gasteiger charge is 2.42. The second kappa shape index (κ2) is 11.2. The lowest BCUT2D eigenvalue weighted by Gasteiger charge is -2.40. The van der Waals surface area contributed by atoms with Crippen LogP contribution in [0.2, 0.25) is 0 Å². The Hall–Kier alpha value is -2.57. The van der Waals surface area contributed by atoms with Crippen LogP contribution in [0.4, 0.5) is 0 Å². The molecule has 1 aromatic rings. The monoisotopic (exact) mass is 430 g/mol. The fraction of sp³-hybridized carbons (Fsp3) is 0.625. The minimum atomic E-state index is -0.537. The number of hydrogen-bond donors (Lipinski definition) is 1. The highest BCUT2D eigenvalue weighted by atomic mass is 16.5. The van der Waals surface area contributed by atoms with Gasteiger partial charge in [0.15, 0.2) is 6.61 Å². The zero-order chi connectivity index (χ0) is 22.2. The van der Waals surface area contributed by atoms with Gasteiger partial charge in [0.2, 0.25) is 5.91 Å². The van der Waals surface area contributed by atoms with Crippen LogP contribution >= 0.6 is 0 Å². The standard InChI is InChI=1S/C24H34N2O5/c1-3-4-15-26-22(28)14-13-19(23(26)18-11-7-8-12-20(18)30-2)24(29)31-16-21(27)25-17-9-5-6-10-17/h7-8,11-12,17,19,23H,3-6,9-10,13-16H2,1-2H3,(H,25,27)/t19-,23-/m1/s1. The van der Waals surface area contributed by atoms with E-state index in [4.69, 9.17) is 9.47 Å². The fourth-order valence-corrected chi connectivity index (χ4v) is 4.67. The third-order valence-corrected chi connectivity index (χ3v) is 6.29. The third-order valence-electron chi connectivity index (χ3n) is 6.29. The number of piperidine rings is 1. The van der Waals surface area contributed by atoms with E-state index in [0.29, 0.717) is 25.1 Å². The summed E-state index contributed by atoms with van der Waals surface area (Å²) in [5.41, 5.74) is 0.798. The maximum absolute atomic E-state index is 13.1. The molecular weight excluding hydrogens is 396 g/mol. The first kappa shape index (κ1) is 23.1. The van der Waals surface area contributed by atoms with Crippen LogP contribution in [-0.2, 0) is 19.1 Å².